The van der Waals surface area contributed by atoms with Crippen molar-refractivity contribution in [2.45, 2.75) is 33.7 Å². The van der Waals surface area contributed by atoms with Gasteiger partial charge in [0, 0.05) is 37.6 Å². The van der Waals surface area contributed by atoms with Crippen LogP contribution in [0.15, 0.2) is 24.3 Å². The Morgan fingerprint density at radius 2 is 1.90 bits per heavy atom. The van der Waals surface area contributed by atoms with E-state index in [1.165, 1.54) is 18.2 Å². The smallest absolute Gasteiger partial charge is 0.341 e. The molecule has 1 saturated heterocycles. The van der Waals surface area contributed by atoms with E-state index in [0.29, 0.717) is 10.7 Å². The molecule has 2 heterocycles. The summed E-state index contributed by atoms with van der Waals surface area (Å²) in [4.78, 5) is 18.1. The number of ether oxygens (including phenoxy) is 1. The summed E-state index contributed by atoms with van der Waals surface area (Å²) in [6.45, 7) is 10.9. The number of thiocarbonyl (C=S) groups is 1. The first-order valence-corrected chi connectivity index (χ1v) is 11.2. The summed E-state index contributed by atoms with van der Waals surface area (Å²) in [7, 11) is 1.42. The lowest BCUT2D eigenvalue weighted by molar-refractivity contribution is 0.0601. The maximum Gasteiger partial charge on any atom is 0.341 e. The Balaban J connectivity index is 1.62. The van der Waals surface area contributed by atoms with Crippen LogP contribution in [0.3, 0.4) is 0 Å². The first-order chi connectivity index (χ1) is 13.9. The van der Waals surface area contributed by atoms with Crippen molar-refractivity contribution >= 4 is 39.6 Å². The van der Waals surface area contributed by atoms with Crippen LogP contribution in [0.4, 0.5) is 5.00 Å². The van der Waals surface area contributed by atoms with Gasteiger partial charge in [-0.25, -0.2) is 4.79 Å². The number of aryl methyl sites for hydroxylation is 2. The Hall–Kier alpha value is -1.96. The predicted octanol–water partition coefficient (Wildman–Crippen LogP) is 4.23. The normalized spacial score (nSPS) is 14.7. The number of carbonyl (C=O) groups is 1. The molecule has 7 heteroatoms. The molecule has 1 aliphatic heterocycles. The lowest BCUT2D eigenvalue weighted by Crippen LogP contribution is -2.49. The third-order valence-electron chi connectivity index (χ3n) is 5.49. The van der Waals surface area contributed by atoms with Gasteiger partial charge in [0.05, 0.1) is 12.7 Å². The predicted molar refractivity (Wildman–Crippen MR) is 124 cm³/mol. The van der Waals surface area contributed by atoms with Gasteiger partial charge < -0.3 is 15.0 Å². The third kappa shape index (κ3) is 4.97. The van der Waals surface area contributed by atoms with Crippen molar-refractivity contribution in [3.05, 3.63) is 51.4 Å². The quantitative estimate of drug-likeness (QED) is 0.565. The standard InChI is InChI=1S/C22H29N3O2S2/c1-5-18-16(3)29-20(19(18)21(26)27-4)23-22(28)25-12-10-24(11-13-25)14-17-9-7-6-8-15(17)2/h6-9H,5,10-14H2,1-4H3,(H,23,28). The molecule has 1 aromatic heterocycles. The zero-order valence-corrected chi connectivity index (χ0v) is 19.2. The van der Waals surface area contributed by atoms with E-state index in [1.54, 1.807) is 11.3 Å². The van der Waals surface area contributed by atoms with Crippen molar-refractivity contribution in [1.29, 1.82) is 0 Å². The maximum absolute atomic E-state index is 12.3. The van der Waals surface area contributed by atoms with E-state index in [-0.39, 0.29) is 5.97 Å². The zero-order chi connectivity index (χ0) is 21.0. The van der Waals surface area contributed by atoms with Gasteiger partial charge in [0.1, 0.15) is 5.00 Å². The van der Waals surface area contributed by atoms with Gasteiger partial charge in [0.2, 0.25) is 0 Å². The number of nitrogens with one attached hydrogen (secondary N) is 1. The van der Waals surface area contributed by atoms with E-state index >= 15 is 0 Å². The van der Waals surface area contributed by atoms with Crippen LogP contribution < -0.4 is 5.32 Å². The van der Waals surface area contributed by atoms with Crippen molar-refractivity contribution in [3.8, 4) is 0 Å². The number of benzene rings is 1. The van der Waals surface area contributed by atoms with Crippen LogP contribution in [-0.4, -0.2) is 54.2 Å². The first kappa shape index (κ1) is 21.7. The number of nitrogens with zero attached hydrogens (tertiary/aromatic N) is 2. The van der Waals surface area contributed by atoms with Crippen molar-refractivity contribution in [2.24, 2.45) is 0 Å². The van der Waals surface area contributed by atoms with Crippen LogP contribution in [0.5, 0.6) is 0 Å². The fourth-order valence-corrected chi connectivity index (χ4v) is 5.21. The summed E-state index contributed by atoms with van der Waals surface area (Å²) in [6.07, 6.45) is 0.790. The molecule has 0 radical (unpaired) electrons. The summed E-state index contributed by atoms with van der Waals surface area (Å²) in [6, 6.07) is 8.55. The zero-order valence-electron chi connectivity index (χ0n) is 17.6. The van der Waals surface area contributed by atoms with E-state index in [9.17, 15) is 4.79 Å². The molecule has 0 unspecified atom stereocenters. The van der Waals surface area contributed by atoms with Gasteiger partial charge in [-0.1, -0.05) is 31.2 Å². The highest BCUT2D eigenvalue weighted by Gasteiger charge is 2.25. The van der Waals surface area contributed by atoms with Gasteiger partial charge in [-0.3, -0.25) is 4.90 Å². The number of rotatable bonds is 5. The summed E-state index contributed by atoms with van der Waals surface area (Å²) in [5, 5.41) is 4.79. The van der Waals surface area contributed by atoms with Crippen molar-refractivity contribution in [2.75, 3.05) is 38.6 Å². The Labute approximate surface area is 182 Å². The number of hydrogen-bond acceptors (Lipinski definition) is 5. The molecular formula is C22H29N3O2S2. The fourth-order valence-electron chi connectivity index (χ4n) is 3.72. The van der Waals surface area contributed by atoms with Crippen LogP contribution in [0.1, 0.15) is 38.8 Å². The van der Waals surface area contributed by atoms with Crippen molar-refractivity contribution < 1.29 is 9.53 Å². The minimum Gasteiger partial charge on any atom is -0.465 e. The van der Waals surface area contributed by atoms with Crippen LogP contribution in [0, 0.1) is 13.8 Å². The summed E-state index contributed by atoms with van der Waals surface area (Å²) >= 11 is 7.24. The maximum atomic E-state index is 12.3. The third-order valence-corrected chi connectivity index (χ3v) is 6.91. The average Bonchev–Trinajstić information content (AvgIpc) is 3.04. The SMILES string of the molecule is CCc1c(C)sc(NC(=S)N2CCN(Cc3ccccc3C)CC2)c1C(=O)OC. The van der Waals surface area contributed by atoms with E-state index in [0.717, 1.165) is 54.6 Å². The second-order valence-electron chi connectivity index (χ2n) is 7.31. The van der Waals surface area contributed by atoms with Gasteiger partial charge in [0.15, 0.2) is 5.11 Å². The topological polar surface area (TPSA) is 44.8 Å². The second kappa shape index (κ2) is 9.69. The summed E-state index contributed by atoms with van der Waals surface area (Å²) < 4.78 is 5.00. The highest BCUT2D eigenvalue weighted by Crippen LogP contribution is 2.34. The monoisotopic (exact) mass is 431 g/mol. The van der Waals surface area contributed by atoms with Crippen molar-refractivity contribution in [1.82, 2.24) is 9.80 Å². The van der Waals surface area contributed by atoms with Crippen LogP contribution >= 0.6 is 23.6 Å². The molecule has 29 heavy (non-hydrogen) atoms. The number of piperazine rings is 1. The molecule has 5 nitrogen and oxygen atoms in total. The number of thiophene rings is 1. The number of carbonyl (C=O) groups excluding carboxylic acids is 1. The highest BCUT2D eigenvalue weighted by atomic mass is 32.1. The van der Waals surface area contributed by atoms with Gasteiger partial charge in [-0.2, -0.15) is 0 Å². The van der Waals surface area contributed by atoms with E-state index < -0.39 is 0 Å². The Kier molecular flexibility index (Phi) is 7.27. The minimum absolute atomic E-state index is 0.306. The lowest BCUT2D eigenvalue weighted by atomic mass is 10.1. The first-order valence-electron chi connectivity index (χ1n) is 9.98. The molecule has 1 fully saturated rings. The molecule has 0 aliphatic carbocycles. The van der Waals surface area contributed by atoms with Gasteiger partial charge in [-0.05, 0) is 49.2 Å². The molecular weight excluding hydrogens is 402 g/mol. The molecule has 0 amide bonds. The Morgan fingerprint density at radius 3 is 2.52 bits per heavy atom. The van der Waals surface area contributed by atoms with E-state index in [4.69, 9.17) is 17.0 Å². The van der Waals surface area contributed by atoms with E-state index in [1.807, 2.05) is 6.92 Å². The van der Waals surface area contributed by atoms with Crippen LogP contribution in [0.25, 0.3) is 0 Å². The molecule has 1 aromatic carbocycles. The fraction of sp³-hybridized carbons (Fsp3) is 0.455. The molecule has 156 valence electrons. The molecule has 3 rings (SSSR count). The molecule has 0 bridgehead atoms. The van der Waals surface area contributed by atoms with E-state index in [2.05, 4.69) is 53.2 Å². The molecule has 1 N–H and O–H groups in total. The highest BCUT2D eigenvalue weighted by molar-refractivity contribution is 7.80. The minimum atomic E-state index is -0.306. The number of methoxy groups -OCH3 is 1. The number of anilines is 1. The van der Waals surface area contributed by atoms with Crippen LogP contribution in [-0.2, 0) is 17.7 Å². The molecule has 0 saturated carbocycles. The lowest BCUT2D eigenvalue weighted by Gasteiger charge is -2.36. The van der Waals surface area contributed by atoms with Gasteiger partial charge in [-0.15, -0.1) is 11.3 Å². The Morgan fingerprint density at radius 1 is 1.21 bits per heavy atom. The van der Waals surface area contributed by atoms with Crippen molar-refractivity contribution in [3.63, 3.8) is 0 Å². The van der Waals surface area contributed by atoms with Gasteiger partial charge >= 0.3 is 5.97 Å². The van der Waals surface area contributed by atoms with Gasteiger partial charge in [0.25, 0.3) is 0 Å². The molecule has 1 aliphatic rings. The second-order valence-corrected chi connectivity index (χ2v) is 8.92. The summed E-state index contributed by atoms with van der Waals surface area (Å²) in [5.41, 5.74) is 4.38. The molecule has 2 aromatic rings. The number of hydrogen-bond donors (Lipinski definition) is 1. The number of esters is 1. The summed E-state index contributed by atoms with van der Waals surface area (Å²) in [5.74, 6) is -0.306. The largest absolute Gasteiger partial charge is 0.465 e. The Bertz CT molecular complexity index is 886. The molecule has 0 spiro atoms. The average molecular weight is 432 g/mol. The van der Waals surface area contributed by atoms with Crippen LogP contribution in [0.2, 0.25) is 0 Å². The molecule has 0 atom stereocenters.